The van der Waals surface area contributed by atoms with E-state index in [9.17, 15) is 20.0 Å². The van der Waals surface area contributed by atoms with E-state index in [1.165, 1.54) is 17.1 Å². The minimum atomic E-state index is -0.720. The van der Waals surface area contributed by atoms with Gasteiger partial charge in [0.15, 0.2) is 5.78 Å². The predicted octanol–water partition coefficient (Wildman–Crippen LogP) is 3.48. The Morgan fingerprint density at radius 3 is 2.69 bits per heavy atom. The average molecular weight is 489 g/mol. The standard InChI is InChI=1S/C26H40N4O5/c1-23-10-11-25(32,16-35-3)12-17(23)4-5-20-19(23)6-8-24(2)21(7-9-26(20,24)27)22(31)15-29-14-18(13-28-29)30(33)34/h13-14,17,19-21,32H,4-12,15-16,27H2,1-3H3/t17-,19-,20+,21+,23?,24+,25+,26+/m0/s1. The Bertz CT molecular complexity index is 1010. The lowest BCUT2D eigenvalue weighted by molar-refractivity contribution is -0.385. The van der Waals surface area contributed by atoms with Crippen LogP contribution in [0.4, 0.5) is 5.69 Å². The lowest BCUT2D eigenvalue weighted by Crippen LogP contribution is -2.67. The van der Waals surface area contributed by atoms with Crippen molar-refractivity contribution in [3.05, 3.63) is 22.5 Å². The maximum Gasteiger partial charge on any atom is 0.307 e. The second-order valence-electron chi connectivity index (χ2n) is 12.6. The third-order valence-corrected chi connectivity index (χ3v) is 11.1. The SMILES string of the molecule is COC[C@@]1(O)CCC2(C)[C@@H](CC[C@@H]3[C@@H]2CC[C@]2(C)[C@@H](C(=O)Cn4cc([N+](=O)[O-])cn4)CC[C@@]32N)C1. The van der Waals surface area contributed by atoms with Gasteiger partial charge >= 0.3 is 5.69 Å². The highest BCUT2D eigenvalue weighted by molar-refractivity contribution is 5.82. The summed E-state index contributed by atoms with van der Waals surface area (Å²) in [7, 11) is 1.66. The Hall–Kier alpha value is -1.84. The highest BCUT2D eigenvalue weighted by Crippen LogP contribution is 2.68. The maximum atomic E-state index is 13.5. The number of methoxy groups -OCH3 is 1. The van der Waals surface area contributed by atoms with Gasteiger partial charge in [0.05, 0.1) is 17.1 Å². The van der Waals surface area contributed by atoms with Crippen molar-refractivity contribution in [1.82, 2.24) is 9.78 Å². The van der Waals surface area contributed by atoms with Crippen LogP contribution in [0.5, 0.6) is 0 Å². The molecule has 0 aromatic carbocycles. The number of carbonyl (C=O) groups is 1. The Balaban J connectivity index is 1.35. The summed E-state index contributed by atoms with van der Waals surface area (Å²) in [6, 6.07) is 0. The lowest BCUT2D eigenvalue weighted by atomic mass is 9.42. The number of aromatic nitrogens is 2. The third-order valence-electron chi connectivity index (χ3n) is 11.1. The monoisotopic (exact) mass is 488 g/mol. The zero-order valence-corrected chi connectivity index (χ0v) is 21.2. The second-order valence-corrected chi connectivity index (χ2v) is 12.6. The number of nitrogens with zero attached hydrogens (tertiary/aromatic N) is 3. The van der Waals surface area contributed by atoms with E-state index < -0.39 is 10.5 Å². The summed E-state index contributed by atoms with van der Waals surface area (Å²) in [4.78, 5) is 24.0. The highest BCUT2D eigenvalue weighted by atomic mass is 16.6. The van der Waals surface area contributed by atoms with Gasteiger partial charge in [-0.2, -0.15) is 5.10 Å². The second kappa shape index (κ2) is 8.35. The van der Waals surface area contributed by atoms with Crippen LogP contribution >= 0.6 is 0 Å². The van der Waals surface area contributed by atoms with Crippen molar-refractivity contribution in [3.63, 3.8) is 0 Å². The molecule has 8 atom stereocenters. The van der Waals surface area contributed by atoms with Crippen molar-refractivity contribution < 1.29 is 19.6 Å². The topological polar surface area (TPSA) is 134 Å². The minimum Gasteiger partial charge on any atom is -0.387 e. The van der Waals surface area contributed by atoms with Crippen molar-refractivity contribution in [2.75, 3.05) is 13.7 Å². The normalized spacial score (nSPS) is 44.8. The van der Waals surface area contributed by atoms with Crippen LogP contribution in [0.3, 0.4) is 0 Å². The number of rotatable bonds is 6. The largest absolute Gasteiger partial charge is 0.387 e. The number of hydrogen-bond acceptors (Lipinski definition) is 7. The number of ether oxygens (including phenoxy) is 1. The average Bonchev–Trinajstić information content (AvgIpc) is 3.37. The summed E-state index contributed by atoms with van der Waals surface area (Å²) in [5, 5.41) is 26.1. The van der Waals surface area contributed by atoms with Gasteiger partial charge in [0.25, 0.3) is 0 Å². The summed E-state index contributed by atoms with van der Waals surface area (Å²) in [5.74, 6) is 1.28. The molecule has 5 rings (SSSR count). The molecule has 0 radical (unpaired) electrons. The van der Waals surface area contributed by atoms with E-state index in [4.69, 9.17) is 10.5 Å². The van der Waals surface area contributed by atoms with Crippen LogP contribution in [-0.2, 0) is 16.1 Å². The number of Topliss-reactive ketones (excluding diaryl/α,β-unsaturated/α-hetero) is 1. The van der Waals surface area contributed by atoms with E-state index in [0.717, 1.165) is 57.8 Å². The number of carbonyl (C=O) groups excluding carboxylic acids is 1. The van der Waals surface area contributed by atoms with Gasteiger partial charge in [-0.25, -0.2) is 0 Å². The van der Waals surface area contributed by atoms with Gasteiger partial charge in [-0.1, -0.05) is 13.8 Å². The highest BCUT2D eigenvalue weighted by Gasteiger charge is 2.67. The van der Waals surface area contributed by atoms with Gasteiger partial charge in [-0.3, -0.25) is 19.6 Å². The van der Waals surface area contributed by atoms with Crippen LogP contribution in [0.15, 0.2) is 12.4 Å². The van der Waals surface area contributed by atoms with Gasteiger partial charge in [0, 0.05) is 18.6 Å². The van der Waals surface area contributed by atoms with Crippen LogP contribution < -0.4 is 5.73 Å². The molecule has 1 aromatic heterocycles. The number of ketones is 1. The molecule has 0 amide bonds. The van der Waals surface area contributed by atoms with Gasteiger partial charge in [-0.05, 0) is 86.4 Å². The summed E-state index contributed by atoms with van der Waals surface area (Å²) in [6.07, 6.45) is 10.8. The van der Waals surface area contributed by atoms with Crippen LogP contribution in [0.2, 0.25) is 0 Å². The molecule has 1 aromatic rings. The van der Waals surface area contributed by atoms with Crippen molar-refractivity contribution in [2.45, 2.75) is 89.3 Å². The molecule has 1 heterocycles. The number of hydrogen-bond donors (Lipinski definition) is 2. The fraction of sp³-hybridized carbons (Fsp3) is 0.846. The lowest BCUT2D eigenvalue weighted by Gasteiger charge is -2.65. The van der Waals surface area contributed by atoms with Crippen LogP contribution in [0.1, 0.15) is 71.6 Å². The molecule has 4 aliphatic carbocycles. The molecule has 35 heavy (non-hydrogen) atoms. The molecular weight excluding hydrogens is 448 g/mol. The smallest absolute Gasteiger partial charge is 0.307 e. The molecule has 3 N–H and O–H groups in total. The van der Waals surface area contributed by atoms with Crippen LogP contribution in [0, 0.1) is 44.6 Å². The number of nitrogens with two attached hydrogens (primary N) is 1. The van der Waals surface area contributed by atoms with Gasteiger partial charge < -0.3 is 15.6 Å². The molecule has 194 valence electrons. The molecular formula is C26H40N4O5. The fourth-order valence-corrected chi connectivity index (χ4v) is 9.11. The number of nitro groups is 1. The van der Waals surface area contributed by atoms with Gasteiger partial charge in [-0.15, -0.1) is 0 Å². The zero-order valence-electron chi connectivity index (χ0n) is 21.2. The summed E-state index contributed by atoms with van der Waals surface area (Å²) in [5.41, 5.74) is 6.04. The first kappa shape index (κ1) is 24.8. The summed E-state index contributed by atoms with van der Waals surface area (Å²) in [6.45, 7) is 5.10. The summed E-state index contributed by atoms with van der Waals surface area (Å²) < 4.78 is 6.73. The molecule has 0 aliphatic heterocycles. The molecule has 0 bridgehead atoms. The van der Waals surface area contributed by atoms with E-state index in [1.807, 2.05) is 0 Å². The quantitative estimate of drug-likeness (QED) is 0.462. The van der Waals surface area contributed by atoms with E-state index in [-0.39, 0.29) is 40.3 Å². The van der Waals surface area contributed by atoms with Crippen LogP contribution in [0.25, 0.3) is 0 Å². The van der Waals surface area contributed by atoms with Crippen molar-refractivity contribution >= 4 is 11.5 Å². The molecule has 0 saturated heterocycles. The maximum absolute atomic E-state index is 13.5. The molecule has 9 nitrogen and oxygen atoms in total. The number of fused-ring (bicyclic) bond motifs is 5. The molecule has 9 heteroatoms. The Kier molecular flexibility index (Phi) is 5.92. The molecule has 0 spiro atoms. The minimum absolute atomic E-state index is 0.0517. The molecule has 4 aliphatic rings. The number of aliphatic hydroxyl groups is 1. The van der Waals surface area contributed by atoms with Crippen molar-refractivity contribution in [2.24, 2.45) is 40.2 Å². The van der Waals surface area contributed by atoms with Crippen LogP contribution in [-0.4, -0.2) is 50.5 Å². The van der Waals surface area contributed by atoms with Gasteiger partial charge in [0.1, 0.15) is 18.9 Å². The predicted molar refractivity (Wildman–Crippen MR) is 129 cm³/mol. The summed E-state index contributed by atoms with van der Waals surface area (Å²) >= 11 is 0. The first-order valence-corrected chi connectivity index (χ1v) is 13.2. The van der Waals surface area contributed by atoms with E-state index in [1.54, 1.807) is 7.11 Å². The fourth-order valence-electron chi connectivity index (χ4n) is 9.11. The van der Waals surface area contributed by atoms with Crippen molar-refractivity contribution in [1.29, 1.82) is 0 Å². The first-order chi connectivity index (χ1) is 16.5. The van der Waals surface area contributed by atoms with E-state index in [0.29, 0.717) is 24.4 Å². The zero-order chi connectivity index (χ0) is 25.2. The Morgan fingerprint density at radius 1 is 1.23 bits per heavy atom. The molecule has 1 unspecified atom stereocenters. The Labute approximate surface area is 206 Å². The van der Waals surface area contributed by atoms with Gasteiger partial charge in [0.2, 0.25) is 0 Å². The molecule has 4 saturated carbocycles. The third kappa shape index (κ3) is 3.68. The van der Waals surface area contributed by atoms with E-state index >= 15 is 0 Å². The van der Waals surface area contributed by atoms with E-state index in [2.05, 4.69) is 18.9 Å². The Morgan fingerprint density at radius 2 is 2.00 bits per heavy atom. The van der Waals surface area contributed by atoms with Crippen molar-refractivity contribution in [3.8, 4) is 0 Å². The first-order valence-electron chi connectivity index (χ1n) is 13.2. The molecule has 4 fully saturated rings.